The van der Waals surface area contributed by atoms with Gasteiger partial charge in [-0.2, -0.15) is 0 Å². The van der Waals surface area contributed by atoms with Gasteiger partial charge in [-0.3, -0.25) is 0 Å². The molecular formula is C7H8Cl2. The standard InChI is InChI=1S/C7H8Cl2/c1-3-5-7(9)6(8)4-2/h2-3,5-7H,1H3. The third-order valence-electron chi connectivity index (χ3n) is 0.815. The van der Waals surface area contributed by atoms with Gasteiger partial charge in [0, 0.05) is 0 Å². The van der Waals surface area contributed by atoms with Crippen LogP contribution >= 0.6 is 23.2 Å². The molecule has 0 fully saturated rings. The van der Waals surface area contributed by atoms with E-state index in [0.717, 1.165) is 0 Å². The van der Waals surface area contributed by atoms with E-state index in [0.29, 0.717) is 0 Å². The summed E-state index contributed by atoms with van der Waals surface area (Å²) in [5.41, 5.74) is 0. The minimum absolute atomic E-state index is 0.248. The van der Waals surface area contributed by atoms with Crippen molar-refractivity contribution in [1.82, 2.24) is 0 Å². The number of hydrogen-bond donors (Lipinski definition) is 0. The summed E-state index contributed by atoms with van der Waals surface area (Å²) < 4.78 is 0. The van der Waals surface area contributed by atoms with Gasteiger partial charge in [0.25, 0.3) is 0 Å². The van der Waals surface area contributed by atoms with E-state index < -0.39 is 5.38 Å². The molecule has 0 saturated carbocycles. The quantitative estimate of drug-likeness (QED) is 0.333. The number of halogens is 2. The van der Waals surface area contributed by atoms with E-state index in [-0.39, 0.29) is 5.38 Å². The number of rotatable bonds is 2. The summed E-state index contributed by atoms with van der Waals surface area (Å²) in [6, 6.07) is 0. The molecule has 50 valence electrons. The maximum Gasteiger partial charge on any atom is 0.114 e. The molecule has 0 heterocycles. The smallest absolute Gasteiger partial charge is 0.114 e. The van der Waals surface area contributed by atoms with E-state index in [2.05, 4.69) is 5.92 Å². The zero-order valence-corrected chi connectivity index (χ0v) is 6.65. The molecule has 9 heavy (non-hydrogen) atoms. The van der Waals surface area contributed by atoms with E-state index >= 15 is 0 Å². The highest BCUT2D eigenvalue weighted by atomic mass is 35.5. The van der Waals surface area contributed by atoms with Gasteiger partial charge >= 0.3 is 0 Å². The van der Waals surface area contributed by atoms with E-state index in [1.165, 1.54) is 0 Å². The second-order valence-electron chi connectivity index (χ2n) is 1.54. The highest BCUT2D eigenvalue weighted by Gasteiger charge is 2.08. The zero-order chi connectivity index (χ0) is 7.28. The van der Waals surface area contributed by atoms with E-state index in [4.69, 9.17) is 29.6 Å². The van der Waals surface area contributed by atoms with Crippen LogP contribution in [0.4, 0.5) is 0 Å². The molecule has 0 amide bonds. The van der Waals surface area contributed by atoms with Crippen molar-refractivity contribution < 1.29 is 0 Å². The van der Waals surface area contributed by atoms with Crippen molar-refractivity contribution in [3.63, 3.8) is 0 Å². The number of allylic oxidation sites excluding steroid dienone is 2. The summed E-state index contributed by atoms with van der Waals surface area (Å²) in [5.74, 6) is 2.33. The third-order valence-corrected chi connectivity index (χ3v) is 1.74. The fraction of sp³-hybridized carbons (Fsp3) is 0.429. The highest BCUT2D eigenvalue weighted by Crippen LogP contribution is 2.09. The van der Waals surface area contributed by atoms with Gasteiger partial charge < -0.3 is 0 Å². The van der Waals surface area contributed by atoms with E-state index in [1.807, 2.05) is 13.0 Å². The second kappa shape index (κ2) is 4.73. The topological polar surface area (TPSA) is 0 Å². The monoisotopic (exact) mass is 162 g/mol. The lowest BCUT2D eigenvalue weighted by atomic mass is 10.3. The Morgan fingerprint density at radius 2 is 2.11 bits per heavy atom. The Labute approximate surface area is 65.8 Å². The van der Waals surface area contributed by atoms with Gasteiger partial charge in [0.05, 0.1) is 5.38 Å². The molecule has 2 heteroatoms. The van der Waals surface area contributed by atoms with Crippen LogP contribution in [0, 0.1) is 12.3 Å². The highest BCUT2D eigenvalue weighted by molar-refractivity contribution is 6.32. The van der Waals surface area contributed by atoms with Crippen LogP contribution in [-0.2, 0) is 0 Å². The van der Waals surface area contributed by atoms with Crippen LogP contribution in [0.15, 0.2) is 12.2 Å². The van der Waals surface area contributed by atoms with E-state index in [1.54, 1.807) is 6.08 Å². The van der Waals surface area contributed by atoms with Crippen molar-refractivity contribution in [2.45, 2.75) is 17.7 Å². The van der Waals surface area contributed by atoms with Gasteiger partial charge in [0.15, 0.2) is 0 Å². The Morgan fingerprint density at radius 3 is 2.44 bits per heavy atom. The van der Waals surface area contributed by atoms with Gasteiger partial charge in [0.1, 0.15) is 5.38 Å². The maximum absolute atomic E-state index is 5.67. The van der Waals surface area contributed by atoms with Crippen LogP contribution in [0.25, 0.3) is 0 Å². The molecule has 0 nitrogen and oxygen atoms in total. The lowest BCUT2D eigenvalue weighted by Gasteiger charge is -2.02. The first-order chi connectivity index (χ1) is 4.22. The minimum Gasteiger partial charge on any atom is -0.118 e. The van der Waals surface area contributed by atoms with E-state index in [9.17, 15) is 0 Å². The molecule has 0 aliphatic rings. The molecule has 0 bridgehead atoms. The van der Waals surface area contributed by atoms with Crippen molar-refractivity contribution in [2.24, 2.45) is 0 Å². The fourth-order valence-electron chi connectivity index (χ4n) is 0.373. The normalized spacial score (nSPS) is 17.1. The Kier molecular flexibility index (Phi) is 4.67. The van der Waals surface area contributed by atoms with Gasteiger partial charge in [0.2, 0.25) is 0 Å². The summed E-state index contributed by atoms with van der Waals surface area (Å²) in [6.45, 7) is 1.87. The lowest BCUT2D eigenvalue weighted by Crippen LogP contribution is -2.08. The molecule has 0 aromatic heterocycles. The van der Waals surface area contributed by atoms with Crippen molar-refractivity contribution in [1.29, 1.82) is 0 Å². The summed E-state index contributed by atoms with van der Waals surface area (Å²) in [6.07, 6.45) is 8.59. The third kappa shape index (κ3) is 3.46. The Balaban J connectivity index is 3.75. The molecule has 0 saturated heterocycles. The second-order valence-corrected chi connectivity index (χ2v) is 2.51. The minimum atomic E-state index is -0.400. The Morgan fingerprint density at radius 1 is 1.56 bits per heavy atom. The zero-order valence-electron chi connectivity index (χ0n) is 5.14. The average molecular weight is 163 g/mol. The number of hydrogen-bond acceptors (Lipinski definition) is 0. The molecule has 0 rings (SSSR count). The van der Waals surface area contributed by atoms with Crippen LogP contribution in [0.1, 0.15) is 6.92 Å². The van der Waals surface area contributed by atoms with Crippen LogP contribution in [-0.4, -0.2) is 10.8 Å². The molecule has 0 aromatic rings. The van der Waals surface area contributed by atoms with Crippen molar-refractivity contribution in [3.05, 3.63) is 12.2 Å². The van der Waals surface area contributed by atoms with Crippen LogP contribution in [0.5, 0.6) is 0 Å². The van der Waals surface area contributed by atoms with Gasteiger partial charge in [-0.1, -0.05) is 18.1 Å². The van der Waals surface area contributed by atoms with Crippen LogP contribution < -0.4 is 0 Å². The van der Waals surface area contributed by atoms with Crippen molar-refractivity contribution in [2.75, 3.05) is 0 Å². The largest absolute Gasteiger partial charge is 0.118 e. The van der Waals surface area contributed by atoms with Crippen LogP contribution in [0.2, 0.25) is 0 Å². The van der Waals surface area contributed by atoms with Crippen LogP contribution in [0.3, 0.4) is 0 Å². The van der Waals surface area contributed by atoms with Crippen molar-refractivity contribution in [3.8, 4) is 12.3 Å². The molecule has 0 aromatic carbocycles. The number of alkyl halides is 2. The molecule has 2 unspecified atom stereocenters. The summed E-state index contributed by atoms with van der Waals surface area (Å²) in [5, 5.41) is -0.649. The van der Waals surface area contributed by atoms with Gasteiger partial charge in [-0.05, 0) is 6.92 Å². The lowest BCUT2D eigenvalue weighted by molar-refractivity contribution is 1.10. The molecular weight excluding hydrogens is 155 g/mol. The van der Waals surface area contributed by atoms with Crippen molar-refractivity contribution >= 4 is 23.2 Å². The molecule has 0 radical (unpaired) electrons. The Bertz CT molecular complexity index is 132. The predicted octanol–water partition coefficient (Wildman–Crippen LogP) is 2.41. The first-order valence-electron chi connectivity index (χ1n) is 2.59. The summed E-state index contributed by atoms with van der Waals surface area (Å²) in [4.78, 5) is 0. The summed E-state index contributed by atoms with van der Waals surface area (Å²) in [7, 11) is 0. The maximum atomic E-state index is 5.67. The Hall–Kier alpha value is -0.120. The predicted molar refractivity (Wildman–Crippen MR) is 42.9 cm³/mol. The number of terminal acetylenes is 1. The molecule has 0 aliphatic carbocycles. The van der Waals surface area contributed by atoms with Gasteiger partial charge in [-0.25, -0.2) is 0 Å². The molecule has 0 aliphatic heterocycles. The molecule has 0 spiro atoms. The SMILES string of the molecule is C#CC(Cl)C(Cl)C=CC. The summed E-state index contributed by atoms with van der Waals surface area (Å²) >= 11 is 11.2. The average Bonchev–Trinajstić information content (AvgIpc) is 1.87. The first-order valence-corrected chi connectivity index (χ1v) is 3.46. The molecule has 2 atom stereocenters. The van der Waals surface area contributed by atoms with Gasteiger partial charge in [-0.15, -0.1) is 29.6 Å². The molecule has 0 N–H and O–H groups in total. The first kappa shape index (κ1) is 8.88. The fourth-order valence-corrected chi connectivity index (χ4v) is 0.676.